The van der Waals surface area contributed by atoms with Crippen molar-refractivity contribution in [3.8, 4) is 28.4 Å². The van der Waals surface area contributed by atoms with Crippen LogP contribution in [-0.4, -0.2) is 58.0 Å². The monoisotopic (exact) mass is 600 g/mol. The summed E-state index contributed by atoms with van der Waals surface area (Å²) in [4.78, 5) is 38.3. The van der Waals surface area contributed by atoms with E-state index < -0.39 is 29.4 Å². The van der Waals surface area contributed by atoms with E-state index in [2.05, 4.69) is 5.32 Å². The van der Waals surface area contributed by atoms with Crippen molar-refractivity contribution in [1.82, 2.24) is 4.90 Å². The Balaban J connectivity index is 1.51. The molecular weight excluding hydrogens is 578 g/mol. The van der Waals surface area contributed by atoms with E-state index in [1.165, 1.54) is 61.6 Å². The number of methoxy groups -OCH3 is 2. The Bertz CT molecular complexity index is 1610. The van der Waals surface area contributed by atoms with E-state index in [0.29, 0.717) is 5.75 Å². The quantitative estimate of drug-likeness (QED) is 0.222. The molecule has 1 fully saturated rings. The van der Waals surface area contributed by atoms with Crippen LogP contribution in [0.4, 0.5) is 14.5 Å². The van der Waals surface area contributed by atoms with Gasteiger partial charge in [0.15, 0.2) is 11.6 Å². The van der Waals surface area contributed by atoms with Gasteiger partial charge in [-0.1, -0.05) is 30.0 Å². The molecule has 0 spiro atoms. The second kappa shape index (κ2) is 12.4. The number of hydrogen-bond acceptors (Lipinski definition) is 8. The molecule has 4 rings (SSSR count). The number of nitrogens with one attached hydrogen (secondary N) is 1. The Morgan fingerprint density at radius 3 is 2.49 bits per heavy atom. The van der Waals surface area contributed by atoms with E-state index in [1.807, 2.05) is 0 Å². The molecule has 1 aliphatic rings. The molecule has 0 unspecified atom stereocenters. The highest BCUT2D eigenvalue weighted by Crippen LogP contribution is 2.40. The van der Waals surface area contributed by atoms with Crippen LogP contribution in [0.5, 0.6) is 17.2 Å². The SMILES string of the molecule is COc1cc(C=C2SC(=S)N(CCC(=O)Nc3ccc(C(=O)O)cc3OC)C2=O)c(O)c(-c2ccc(F)c(F)c2)c1. The van der Waals surface area contributed by atoms with Gasteiger partial charge >= 0.3 is 5.97 Å². The molecular formula is C28H22F2N2O7S2. The van der Waals surface area contributed by atoms with E-state index >= 15 is 0 Å². The number of hydrogen-bond donors (Lipinski definition) is 3. The van der Waals surface area contributed by atoms with Crippen molar-refractivity contribution in [1.29, 1.82) is 0 Å². The number of rotatable bonds is 9. The van der Waals surface area contributed by atoms with Gasteiger partial charge in [-0.15, -0.1) is 0 Å². The van der Waals surface area contributed by atoms with Crippen molar-refractivity contribution in [3.05, 3.63) is 76.2 Å². The molecule has 3 N–H and O–H groups in total. The van der Waals surface area contributed by atoms with Gasteiger partial charge in [0, 0.05) is 24.1 Å². The number of phenolic OH excluding ortho intramolecular Hbond substituents is 1. The van der Waals surface area contributed by atoms with E-state index in [9.17, 15) is 28.3 Å². The number of thioether (sulfide) groups is 1. The van der Waals surface area contributed by atoms with E-state index in [-0.39, 0.29) is 61.6 Å². The molecule has 0 aromatic heterocycles. The number of ether oxygens (including phenoxy) is 2. The molecule has 0 bridgehead atoms. The van der Waals surface area contributed by atoms with Crippen LogP contribution in [0, 0.1) is 11.6 Å². The Kier molecular flexibility index (Phi) is 8.89. The standard InChI is InChI=1S/C28H22F2N2O7S2/c1-38-17-9-16(25(34)18(13-17)14-3-5-19(29)20(30)10-14)12-23-26(35)32(28(40)41-23)8-7-24(33)31-21-6-4-15(27(36)37)11-22(21)39-2/h3-6,9-13,34H,7-8H2,1-2H3,(H,31,33)(H,36,37). The topological polar surface area (TPSA) is 125 Å². The third-order valence-electron chi connectivity index (χ3n) is 6.02. The average molecular weight is 601 g/mol. The summed E-state index contributed by atoms with van der Waals surface area (Å²) in [6.07, 6.45) is 1.27. The summed E-state index contributed by atoms with van der Waals surface area (Å²) in [6, 6.07) is 10.1. The summed E-state index contributed by atoms with van der Waals surface area (Å²) >= 11 is 6.31. The van der Waals surface area contributed by atoms with Gasteiger partial charge in [0.1, 0.15) is 21.6 Å². The number of phenols is 1. The lowest BCUT2D eigenvalue weighted by Gasteiger charge is -2.15. The molecule has 2 amide bonds. The highest BCUT2D eigenvalue weighted by Gasteiger charge is 2.32. The number of halogens is 2. The van der Waals surface area contributed by atoms with Crippen LogP contribution in [0.1, 0.15) is 22.3 Å². The van der Waals surface area contributed by atoms with Gasteiger partial charge in [-0.2, -0.15) is 0 Å². The fourth-order valence-corrected chi connectivity index (χ4v) is 5.23. The predicted molar refractivity (Wildman–Crippen MR) is 153 cm³/mol. The minimum Gasteiger partial charge on any atom is -0.507 e. The zero-order chi connectivity index (χ0) is 29.8. The lowest BCUT2D eigenvalue weighted by molar-refractivity contribution is -0.122. The van der Waals surface area contributed by atoms with E-state index in [0.717, 1.165) is 23.9 Å². The maximum atomic E-state index is 13.9. The Morgan fingerprint density at radius 2 is 1.83 bits per heavy atom. The second-order valence-corrected chi connectivity index (χ2v) is 10.3. The minimum atomic E-state index is -1.15. The summed E-state index contributed by atoms with van der Waals surface area (Å²) in [6.45, 7) is -0.0481. The summed E-state index contributed by atoms with van der Waals surface area (Å²) in [5, 5.41) is 22.7. The van der Waals surface area contributed by atoms with Crippen molar-refractivity contribution in [3.63, 3.8) is 0 Å². The van der Waals surface area contributed by atoms with Gasteiger partial charge in [0.05, 0.1) is 30.4 Å². The van der Waals surface area contributed by atoms with Crippen molar-refractivity contribution in [2.24, 2.45) is 0 Å². The third-order valence-corrected chi connectivity index (χ3v) is 7.40. The Hall–Kier alpha value is -4.49. The Labute approximate surface area is 242 Å². The summed E-state index contributed by atoms with van der Waals surface area (Å²) in [5.74, 6) is -4.06. The largest absolute Gasteiger partial charge is 0.507 e. The number of benzene rings is 3. The number of thiocarbonyl (C=S) groups is 1. The Morgan fingerprint density at radius 1 is 1.07 bits per heavy atom. The number of carboxylic acids is 1. The van der Waals surface area contributed by atoms with E-state index in [1.54, 1.807) is 0 Å². The molecule has 9 nitrogen and oxygen atoms in total. The molecule has 1 saturated heterocycles. The number of carbonyl (C=O) groups excluding carboxylic acids is 2. The van der Waals surface area contributed by atoms with Gasteiger partial charge in [-0.05, 0) is 54.1 Å². The number of anilines is 1. The minimum absolute atomic E-state index is 0.0109. The summed E-state index contributed by atoms with van der Waals surface area (Å²) in [5.41, 5.74) is 0.789. The fourth-order valence-electron chi connectivity index (χ4n) is 3.93. The van der Waals surface area contributed by atoms with Crippen LogP contribution >= 0.6 is 24.0 Å². The van der Waals surface area contributed by atoms with Crippen LogP contribution in [0.25, 0.3) is 17.2 Å². The first kappa shape index (κ1) is 29.5. The van der Waals surface area contributed by atoms with Crippen LogP contribution in [0.15, 0.2) is 53.4 Å². The highest BCUT2D eigenvalue weighted by atomic mass is 32.2. The predicted octanol–water partition coefficient (Wildman–Crippen LogP) is 5.28. The van der Waals surface area contributed by atoms with Gasteiger partial charge in [-0.25, -0.2) is 13.6 Å². The van der Waals surface area contributed by atoms with Crippen LogP contribution in [-0.2, 0) is 9.59 Å². The van der Waals surface area contributed by atoms with Crippen molar-refractivity contribution < 1.29 is 42.9 Å². The normalized spacial score (nSPS) is 14.0. The second-order valence-electron chi connectivity index (χ2n) is 8.59. The average Bonchev–Trinajstić information content (AvgIpc) is 3.21. The summed E-state index contributed by atoms with van der Waals surface area (Å²) < 4.78 is 37.9. The summed E-state index contributed by atoms with van der Waals surface area (Å²) in [7, 11) is 2.73. The molecule has 0 aliphatic carbocycles. The van der Waals surface area contributed by atoms with Gasteiger partial charge in [0.2, 0.25) is 5.91 Å². The number of amides is 2. The van der Waals surface area contributed by atoms with Crippen molar-refractivity contribution in [2.45, 2.75) is 6.42 Å². The van der Waals surface area contributed by atoms with Gasteiger partial charge in [-0.3, -0.25) is 14.5 Å². The van der Waals surface area contributed by atoms with Crippen LogP contribution < -0.4 is 14.8 Å². The lowest BCUT2D eigenvalue weighted by Crippen LogP contribution is -2.31. The number of aromatic carboxylic acids is 1. The lowest BCUT2D eigenvalue weighted by atomic mass is 10.00. The van der Waals surface area contributed by atoms with E-state index in [4.69, 9.17) is 26.8 Å². The fraction of sp³-hybridized carbons (Fsp3) is 0.143. The number of carbonyl (C=O) groups is 3. The first-order valence-electron chi connectivity index (χ1n) is 11.8. The molecule has 3 aromatic rings. The van der Waals surface area contributed by atoms with Crippen molar-refractivity contribution in [2.75, 3.05) is 26.1 Å². The first-order valence-corrected chi connectivity index (χ1v) is 13.1. The maximum absolute atomic E-state index is 13.9. The zero-order valence-corrected chi connectivity index (χ0v) is 23.2. The van der Waals surface area contributed by atoms with Crippen LogP contribution in [0.2, 0.25) is 0 Å². The molecule has 1 heterocycles. The highest BCUT2D eigenvalue weighted by molar-refractivity contribution is 8.26. The number of carboxylic acid groups (broad SMARTS) is 1. The molecule has 0 radical (unpaired) electrons. The zero-order valence-electron chi connectivity index (χ0n) is 21.6. The smallest absolute Gasteiger partial charge is 0.335 e. The maximum Gasteiger partial charge on any atom is 0.335 e. The molecule has 0 atom stereocenters. The van der Waals surface area contributed by atoms with Crippen molar-refractivity contribution >= 4 is 57.8 Å². The molecule has 0 saturated carbocycles. The molecule has 13 heteroatoms. The number of aromatic hydroxyl groups is 1. The number of nitrogens with zero attached hydrogens (tertiary/aromatic N) is 1. The molecule has 41 heavy (non-hydrogen) atoms. The molecule has 3 aromatic carbocycles. The molecule has 212 valence electrons. The van der Waals surface area contributed by atoms with Gasteiger partial charge < -0.3 is 25.0 Å². The van der Waals surface area contributed by atoms with Crippen LogP contribution in [0.3, 0.4) is 0 Å². The van der Waals surface area contributed by atoms with Gasteiger partial charge in [0.25, 0.3) is 5.91 Å². The first-order chi connectivity index (χ1) is 19.5. The molecule has 1 aliphatic heterocycles. The third kappa shape index (κ3) is 6.47.